The van der Waals surface area contributed by atoms with Gasteiger partial charge in [-0.1, -0.05) is 53.7 Å². The number of carbonyl (C=O) groups is 1. The predicted molar refractivity (Wildman–Crippen MR) is 137 cm³/mol. The Kier molecular flexibility index (Phi) is 7.57. The van der Waals surface area contributed by atoms with E-state index in [1.54, 1.807) is 12.4 Å². The van der Waals surface area contributed by atoms with Gasteiger partial charge in [0.2, 0.25) is 5.91 Å². The van der Waals surface area contributed by atoms with Crippen molar-refractivity contribution in [3.63, 3.8) is 0 Å². The lowest BCUT2D eigenvalue weighted by Gasteiger charge is -2.11. The smallest absolute Gasteiger partial charge is 0.234 e. The van der Waals surface area contributed by atoms with Crippen LogP contribution in [-0.2, 0) is 4.79 Å². The van der Waals surface area contributed by atoms with E-state index in [1.165, 1.54) is 17.3 Å². The Labute approximate surface area is 206 Å². The number of anilines is 1. The molecule has 0 radical (unpaired) electrons. The summed E-state index contributed by atoms with van der Waals surface area (Å²) in [6.07, 6.45) is 4.56. The third-order valence-corrected chi connectivity index (χ3v) is 6.80. The van der Waals surface area contributed by atoms with Crippen LogP contribution in [-0.4, -0.2) is 31.4 Å². The zero-order valence-electron chi connectivity index (χ0n) is 18.4. The van der Waals surface area contributed by atoms with Crippen LogP contribution in [0.1, 0.15) is 31.7 Å². The number of nitrogens with zero attached hydrogens (tertiary/aromatic N) is 4. The van der Waals surface area contributed by atoms with Crippen molar-refractivity contribution in [3.8, 4) is 17.1 Å². The highest BCUT2D eigenvalue weighted by Crippen LogP contribution is 2.28. The highest BCUT2D eigenvalue weighted by Gasteiger charge is 2.17. The van der Waals surface area contributed by atoms with Gasteiger partial charge in [-0.2, -0.15) is 0 Å². The Balaban J connectivity index is 1.51. The fourth-order valence-electron chi connectivity index (χ4n) is 3.33. The van der Waals surface area contributed by atoms with Crippen LogP contribution in [0, 0.1) is 0 Å². The van der Waals surface area contributed by atoms with Gasteiger partial charge in [-0.3, -0.25) is 14.3 Å². The van der Waals surface area contributed by atoms with Crippen LogP contribution < -0.4 is 5.32 Å². The van der Waals surface area contributed by atoms with E-state index in [0.29, 0.717) is 16.9 Å². The number of rotatable bonds is 8. The molecule has 1 atom stereocenters. The van der Waals surface area contributed by atoms with Gasteiger partial charge in [-0.15, -0.1) is 10.2 Å². The minimum atomic E-state index is -0.0930. The highest BCUT2D eigenvalue weighted by molar-refractivity contribution is 9.10. The number of pyridine rings is 1. The van der Waals surface area contributed by atoms with E-state index >= 15 is 0 Å². The van der Waals surface area contributed by atoms with Crippen LogP contribution in [0.5, 0.6) is 0 Å². The number of aromatic nitrogens is 4. The number of hydrogen-bond donors (Lipinski definition) is 1. The lowest BCUT2D eigenvalue weighted by Crippen LogP contribution is -2.14. The molecule has 0 bridgehead atoms. The molecule has 6 nitrogen and oxygen atoms in total. The summed E-state index contributed by atoms with van der Waals surface area (Å²) in [7, 11) is 0. The van der Waals surface area contributed by atoms with Crippen molar-refractivity contribution in [1.82, 2.24) is 19.7 Å². The van der Waals surface area contributed by atoms with Crippen LogP contribution in [0.25, 0.3) is 17.1 Å². The molecule has 2 aromatic heterocycles. The first kappa shape index (κ1) is 23.2. The first-order valence-corrected chi connectivity index (χ1v) is 12.5. The van der Waals surface area contributed by atoms with E-state index in [-0.39, 0.29) is 11.7 Å². The average Bonchev–Trinajstić information content (AvgIpc) is 3.28. The molecule has 4 aromatic rings. The van der Waals surface area contributed by atoms with Gasteiger partial charge in [0.05, 0.1) is 5.75 Å². The van der Waals surface area contributed by atoms with Gasteiger partial charge in [0.25, 0.3) is 0 Å². The number of halogens is 1. The van der Waals surface area contributed by atoms with Gasteiger partial charge in [-0.05, 0) is 66.4 Å². The molecule has 0 saturated carbocycles. The van der Waals surface area contributed by atoms with Gasteiger partial charge in [-0.25, -0.2) is 0 Å². The maximum Gasteiger partial charge on any atom is 0.234 e. The summed E-state index contributed by atoms with van der Waals surface area (Å²) in [6.45, 7) is 4.37. The average molecular weight is 522 g/mol. The Bertz CT molecular complexity index is 1210. The highest BCUT2D eigenvalue weighted by atomic mass is 79.9. The SMILES string of the molecule is CC[C@@H](C)c1ccc(NC(=O)CSc2nnc(-c3cccnc3)n2-c2ccc(Br)cc2)cc1. The summed E-state index contributed by atoms with van der Waals surface area (Å²) in [4.78, 5) is 16.8. The second-order valence-electron chi connectivity index (χ2n) is 7.63. The summed E-state index contributed by atoms with van der Waals surface area (Å²) < 4.78 is 2.93. The number of hydrogen-bond acceptors (Lipinski definition) is 5. The van der Waals surface area contributed by atoms with Gasteiger partial charge in [0.1, 0.15) is 0 Å². The zero-order valence-corrected chi connectivity index (χ0v) is 20.8. The number of amides is 1. The van der Waals surface area contributed by atoms with Crippen molar-refractivity contribution in [2.24, 2.45) is 0 Å². The molecule has 1 N–H and O–H groups in total. The van der Waals surface area contributed by atoms with Crippen molar-refractivity contribution < 1.29 is 4.79 Å². The van der Waals surface area contributed by atoms with E-state index < -0.39 is 0 Å². The number of carbonyl (C=O) groups excluding carboxylic acids is 1. The second-order valence-corrected chi connectivity index (χ2v) is 9.49. The molecule has 4 rings (SSSR count). The Morgan fingerprint density at radius 1 is 1.09 bits per heavy atom. The standard InChI is InChI=1S/C25H24BrN5OS/c1-3-17(2)18-6-10-21(11-7-18)28-23(32)16-33-25-30-29-24(19-5-4-14-27-15-19)31(25)22-12-8-20(26)9-13-22/h4-15,17H,3,16H2,1-2H3,(H,28,32)/t17-/m1/s1. The first-order valence-electron chi connectivity index (χ1n) is 10.7. The van der Waals surface area contributed by atoms with Gasteiger partial charge in [0.15, 0.2) is 11.0 Å². The van der Waals surface area contributed by atoms with Crippen molar-refractivity contribution >= 4 is 39.3 Å². The summed E-state index contributed by atoms with van der Waals surface area (Å²) in [5, 5.41) is 12.4. The molecule has 0 saturated heterocycles. The summed E-state index contributed by atoms with van der Waals surface area (Å²) >= 11 is 4.83. The molecule has 0 spiro atoms. The van der Waals surface area contributed by atoms with E-state index in [4.69, 9.17) is 0 Å². The van der Waals surface area contributed by atoms with Crippen LogP contribution in [0.3, 0.4) is 0 Å². The maximum atomic E-state index is 12.6. The molecule has 0 unspecified atom stereocenters. The lowest BCUT2D eigenvalue weighted by atomic mass is 9.99. The van der Waals surface area contributed by atoms with Crippen LogP contribution in [0.4, 0.5) is 5.69 Å². The van der Waals surface area contributed by atoms with Crippen molar-refractivity contribution in [1.29, 1.82) is 0 Å². The third-order valence-electron chi connectivity index (χ3n) is 5.35. The molecular weight excluding hydrogens is 498 g/mol. The molecule has 2 heterocycles. The molecule has 0 aliphatic heterocycles. The fourth-order valence-corrected chi connectivity index (χ4v) is 4.34. The quantitative estimate of drug-likeness (QED) is 0.274. The fraction of sp³-hybridized carbons (Fsp3) is 0.200. The Morgan fingerprint density at radius 3 is 2.52 bits per heavy atom. The summed E-state index contributed by atoms with van der Waals surface area (Å²) in [6, 6.07) is 19.7. The minimum Gasteiger partial charge on any atom is -0.325 e. The normalized spacial score (nSPS) is 11.8. The largest absolute Gasteiger partial charge is 0.325 e. The van der Waals surface area contributed by atoms with Gasteiger partial charge in [0, 0.05) is 33.8 Å². The number of benzene rings is 2. The topological polar surface area (TPSA) is 72.7 Å². The van der Waals surface area contributed by atoms with Gasteiger partial charge >= 0.3 is 0 Å². The summed E-state index contributed by atoms with van der Waals surface area (Å²) in [5.41, 5.74) is 3.82. The molecule has 2 aromatic carbocycles. The van der Waals surface area contributed by atoms with Crippen molar-refractivity contribution in [2.75, 3.05) is 11.1 Å². The minimum absolute atomic E-state index is 0.0930. The molecule has 168 valence electrons. The Morgan fingerprint density at radius 2 is 1.85 bits per heavy atom. The van der Waals surface area contributed by atoms with Crippen LogP contribution in [0.2, 0.25) is 0 Å². The molecule has 8 heteroatoms. The molecule has 1 amide bonds. The lowest BCUT2D eigenvalue weighted by molar-refractivity contribution is -0.113. The third kappa shape index (κ3) is 5.69. The van der Waals surface area contributed by atoms with E-state index in [0.717, 1.165) is 27.8 Å². The molecule has 0 aliphatic carbocycles. The molecule has 33 heavy (non-hydrogen) atoms. The zero-order chi connectivity index (χ0) is 23.2. The summed E-state index contributed by atoms with van der Waals surface area (Å²) in [5.74, 6) is 1.30. The molecule has 0 aliphatic rings. The number of nitrogens with one attached hydrogen (secondary N) is 1. The number of thioether (sulfide) groups is 1. The molecule has 0 fully saturated rings. The first-order chi connectivity index (χ1) is 16.0. The second kappa shape index (κ2) is 10.8. The van der Waals surface area contributed by atoms with Crippen LogP contribution in [0.15, 0.2) is 82.7 Å². The molecular formula is C25H24BrN5OS. The van der Waals surface area contributed by atoms with E-state index in [9.17, 15) is 4.79 Å². The predicted octanol–water partition coefficient (Wildman–Crippen LogP) is 6.34. The van der Waals surface area contributed by atoms with Crippen LogP contribution >= 0.6 is 27.7 Å². The van der Waals surface area contributed by atoms with E-state index in [2.05, 4.69) is 62.4 Å². The maximum absolute atomic E-state index is 12.6. The monoisotopic (exact) mass is 521 g/mol. The van der Waals surface area contributed by atoms with Crippen molar-refractivity contribution in [3.05, 3.63) is 83.1 Å². The van der Waals surface area contributed by atoms with Crippen molar-refractivity contribution in [2.45, 2.75) is 31.3 Å². The Hall–Kier alpha value is -2.97. The van der Waals surface area contributed by atoms with E-state index in [1.807, 2.05) is 53.1 Å². The van der Waals surface area contributed by atoms with Gasteiger partial charge < -0.3 is 5.32 Å².